The highest BCUT2D eigenvalue weighted by atomic mass is 19.2. The molecule has 0 radical (unpaired) electrons. The van der Waals surface area contributed by atoms with Gasteiger partial charge in [0.1, 0.15) is 0 Å². The standard InChI is InChI=1S/C17H22F2N2O/c18-15-7-4-11(8-16(15)19)2-1-3-17(22)21-14-9-12-5-6-13(10-14)20-12/h4,7-8,12-14,20H,1-3,5-6,9-10H2,(H,21,22). The van der Waals surface area contributed by atoms with Gasteiger partial charge in [0.05, 0.1) is 0 Å². The normalized spacial score (nSPS) is 26.9. The fraction of sp³-hybridized carbons (Fsp3) is 0.588. The summed E-state index contributed by atoms with van der Waals surface area (Å²) in [6, 6.07) is 5.32. The Kier molecular flexibility index (Phi) is 4.71. The average molecular weight is 308 g/mol. The number of hydrogen-bond donors (Lipinski definition) is 2. The highest BCUT2D eigenvalue weighted by Gasteiger charge is 2.33. The smallest absolute Gasteiger partial charge is 0.220 e. The Bertz CT molecular complexity index is 537. The van der Waals surface area contributed by atoms with E-state index in [1.54, 1.807) is 6.07 Å². The van der Waals surface area contributed by atoms with Crippen LogP contribution in [-0.4, -0.2) is 24.0 Å². The summed E-state index contributed by atoms with van der Waals surface area (Å²) in [4.78, 5) is 12.0. The Hall–Kier alpha value is -1.49. The first-order chi connectivity index (χ1) is 10.6. The van der Waals surface area contributed by atoms with E-state index in [0.717, 1.165) is 24.5 Å². The number of amides is 1. The summed E-state index contributed by atoms with van der Waals surface area (Å²) >= 11 is 0. The minimum absolute atomic E-state index is 0.0638. The molecule has 0 aliphatic carbocycles. The van der Waals surface area contributed by atoms with E-state index < -0.39 is 11.6 Å². The second kappa shape index (κ2) is 6.73. The molecule has 3 rings (SSSR count). The molecular formula is C17H22F2N2O. The third-order valence-electron chi connectivity index (χ3n) is 4.69. The second-order valence-electron chi connectivity index (χ2n) is 6.48. The lowest BCUT2D eigenvalue weighted by Crippen LogP contribution is -2.48. The lowest BCUT2D eigenvalue weighted by atomic mass is 9.99. The Morgan fingerprint density at radius 3 is 2.59 bits per heavy atom. The van der Waals surface area contributed by atoms with E-state index in [1.165, 1.54) is 18.9 Å². The third kappa shape index (κ3) is 3.83. The van der Waals surface area contributed by atoms with Crippen molar-refractivity contribution in [3.63, 3.8) is 0 Å². The molecule has 22 heavy (non-hydrogen) atoms. The van der Waals surface area contributed by atoms with Gasteiger partial charge < -0.3 is 10.6 Å². The first-order valence-corrected chi connectivity index (χ1v) is 8.09. The number of carbonyl (C=O) groups is 1. The maximum Gasteiger partial charge on any atom is 0.220 e. The van der Waals surface area contributed by atoms with Crippen LogP contribution in [0.1, 0.15) is 44.1 Å². The van der Waals surface area contributed by atoms with Crippen molar-refractivity contribution in [1.82, 2.24) is 10.6 Å². The lowest BCUT2D eigenvalue weighted by Gasteiger charge is -2.29. The van der Waals surface area contributed by atoms with Crippen molar-refractivity contribution in [1.29, 1.82) is 0 Å². The van der Waals surface area contributed by atoms with E-state index in [-0.39, 0.29) is 11.9 Å². The molecule has 2 saturated heterocycles. The van der Waals surface area contributed by atoms with Crippen molar-refractivity contribution < 1.29 is 13.6 Å². The van der Waals surface area contributed by atoms with E-state index in [1.807, 2.05) is 0 Å². The van der Waals surface area contributed by atoms with Crippen LogP contribution in [0.15, 0.2) is 18.2 Å². The van der Waals surface area contributed by atoms with Crippen LogP contribution in [0, 0.1) is 11.6 Å². The average Bonchev–Trinajstić information content (AvgIpc) is 2.82. The number of benzene rings is 1. The SMILES string of the molecule is O=C(CCCc1ccc(F)c(F)c1)NC1CC2CCC(C1)N2. The van der Waals surface area contributed by atoms with Crippen LogP contribution < -0.4 is 10.6 Å². The van der Waals surface area contributed by atoms with Crippen LogP contribution in [0.2, 0.25) is 0 Å². The Labute approximate surface area is 129 Å². The minimum Gasteiger partial charge on any atom is -0.353 e. The van der Waals surface area contributed by atoms with Gasteiger partial charge in [-0.25, -0.2) is 8.78 Å². The van der Waals surface area contributed by atoms with Gasteiger partial charge in [0.2, 0.25) is 5.91 Å². The summed E-state index contributed by atoms with van der Waals surface area (Å²) in [7, 11) is 0. The number of aryl methyl sites for hydroxylation is 1. The van der Waals surface area contributed by atoms with E-state index in [9.17, 15) is 13.6 Å². The lowest BCUT2D eigenvalue weighted by molar-refractivity contribution is -0.122. The van der Waals surface area contributed by atoms with Gasteiger partial charge in [0.15, 0.2) is 11.6 Å². The molecule has 2 fully saturated rings. The molecule has 120 valence electrons. The number of halogens is 2. The molecule has 3 nitrogen and oxygen atoms in total. The van der Waals surface area contributed by atoms with Crippen molar-refractivity contribution in [3.8, 4) is 0 Å². The molecule has 5 heteroatoms. The number of carbonyl (C=O) groups excluding carboxylic acids is 1. The van der Waals surface area contributed by atoms with Crippen LogP contribution in [0.5, 0.6) is 0 Å². The fourth-order valence-electron chi connectivity index (χ4n) is 3.62. The monoisotopic (exact) mass is 308 g/mol. The van der Waals surface area contributed by atoms with Crippen LogP contribution in [-0.2, 0) is 11.2 Å². The summed E-state index contributed by atoms with van der Waals surface area (Å²) in [5.41, 5.74) is 0.728. The molecule has 2 atom stereocenters. The Morgan fingerprint density at radius 1 is 1.18 bits per heavy atom. The first kappa shape index (κ1) is 15.4. The molecule has 0 saturated carbocycles. The van der Waals surface area contributed by atoms with E-state index in [2.05, 4.69) is 10.6 Å². The van der Waals surface area contributed by atoms with Gasteiger partial charge in [-0.05, 0) is 56.2 Å². The first-order valence-electron chi connectivity index (χ1n) is 8.09. The van der Waals surface area contributed by atoms with Crippen molar-refractivity contribution in [3.05, 3.63) is 35.4 Å². The van der Waals surface area contributed by atoms with Gasteiger partial charge in [-0.1, -0.05) is 6.07 Å². The molecule has 2 aliphatic heterocycles. The predicted molar refractivity (Wildman–Crippen MR) is 80.4 cm³/mol. The number of hydrogen-bond acceptors (Lipinski definition) is 2. The van der Waals surface area contributed by atoms with E-state index in [4.69, 9.17) is 0 Å². The maximum atomic E-state index is 13.1. The maximum absolute atomic E-state index is 13.1. The zero-order valence-electron chi connectivity index (χ0n) is 12.6. The number of fused-ring (bicyclic) bond motifs is 2. The zero-order chi connectivity index (χ0) is 15.5. The number of nitrogens with one attached hydrogen (secondary N) is 2. The minimum atomic E-state index is -0.831. The number of piperidine rings is 1. The molecule has 0 spiro atoms. The molecule has 0 aromatic heterocycles. The summed E-state index contributed by atoms with van der Waals surface area (Å²) < 4.78 is 25.9. The van der Waals surface area contributed by atoms with E-state index in [0.29, 0.717) is 31.3 Å². The highest BCUT2D eigenvalue weighted by molar-refractivity contribution is 5.76. The van der Waals surface area contributed by atoms with Crippen LogP contribution in [0.3, 0.4) is 0 Å². The molecule has 2 heterocycles. The van der Waals surface area contributed by atoms with Crippen molar-refractivity contribution in [2.24, 2.45) is 0 Å². The van der Waals surface area contributed by atoms with Crippen molar-refractivity contribution in [2.75, 3.05) is 0 Å². The Balaban J connectivity index is 1.40. The van der Waals surface area contributed by atoms with Crippen molar-refractivity contribution >= 4 is 5.91 Å². The molecule has 2 bridgehead atoms. The van der Waals surface area contributed by atoms with Gasteiger partial charge >= 0.3 is 0 Å². The third-order valence-corrected chi connectivity index (χ3v) is 4.69. The second-order valence-corrected chi connectivity index (χ2v) is 6.48. The molecule has 1 amide bonds. The molecule has 2 N–H and O–H groups in total. The highest BCUT2D eigenvalue weighted by Crippen LogP contribution is 2.26. The quantitative estimate of drug-likeness (QED) is 0.878. The number of rotatable bonds is 5. The van der Waals surface area contributed by atoms with Crippen molar-refractivity contribution in [2.45, 2.75) is 63.1 Å². The van der Waals surface area contributed by atoms with Gasteiger partial charge in [-0.2, -0.15) is 0 Å². The molecule has 1 aromatic carbocycles. The summed E-state index contributed by atoms with van der Waals surface area (Å²) in [5.74, 6) is -1.59. The van der Waals surface area contributed by atoms with Crippen LogP contribution in [0.25, 0.3) is 0 Å². The fourth-order valence-corrected chi connectivity index (χ4v) is 3.62. The summed E-state index contributed by atoms with van der Waals surface area (Å²) in [6.07, 6.45) is 6.13. The Morgan fingerprint density at radius 2 is 1.91 bits per heavy atom. The molecule has 2 aliphatic rings. The van der Waals surface area contributed by atoms with Crippen LogP contribution in [0.4, 0.5) is 8.78 Å². The molecule has 1 aromatic rings. The molecular weight excluding hydrogens is 286 g/mol. The zero-order valence-corrected chi connectivity index (χ0v) is 12.6. The summed E-state index contributed by atoms with van der Waals surface area (Å²) in [5, 5.41) is 6.66. The largest absolute Gasteiger partial charge is 0.353 e. The van der Waals surface area contributed by atoms with Gasteiger partial charge in [-0.3, -0.25) is 4.79 Å². The topological polar surface area (TPSA) is 41.1 Å². The van der Waals surface area contributed by atoms with Gasteiger partial charge in [0, 0.05) is 24.5 Å². The molecule has 2 unspecified atom stereocenters. The van der Waals surface area contributed by atoms with Gasteiger partial charge in [-0.15, -0.1) is 0 Å². The predicted octanol–water partition coefficient (Wildman–Crippen LogP) is 2.69. The van der Waals surface area contributed by atoms with Crippen LogP contribution >= 0.6 is 0 Å². The summed E-state index contributed by atoms with van der Waals surface area (Å²) in [6.45, 7) is 0. The van der Waals surface area contributed by atoms with E-state index >= 15 is 0 Å². The van der Waals surface area contributed by atoms with Gasteiger partial charge in [0.25, 0.3) is 0 Å².